The molecule has 0 aromatic carbocycles. The van der Waals surface area contributed by atoms with Crippen LogP contribution in [0, 0.1) is 11.8 Å². The number of aliphatic hydroxyl groups is 1. The lowest BCUT2D eigenvalue weighted by molar-refractivity contribution is 0.0739. The van der Waals surface area contributed by atoms with E-state index < -0.39 is 23.4 Å². The third-order valence-corrected chi connectivity index (χ3v) is 4.20. The summed E-state index contributed by atoms with van der Waals surface area (Å²) in [6.45, 7) is 4.99. The van der Waals surface area contributed by atoms with E-state index in [2.05, 4.69) is 15.3 Å². The van der Waals surface area contributed by atoms with Gasteiger partial charge < -0.3 is 5.11 Å². The quantitative estimate of drug-likeness (QED) is 0.942. The molecule has 0 radical (unpaired) electrons. The van der Waals surface area contributed by atoms with Gasteiger partial charge in [-0.25, -0.2) is 8.78 Å². The summed E-state index contributed by atoms with van der Waals surface area (Å²) in [5.41, 5.74) is 0.776. The standard InChI is InChI=1S/C15H18F2N4O/c1-9-11(15(9,16)17)7-21-8-12(19-20-21)10-4-5-18-13(6-10)14(2,3)22/h4-6,8-9,11,22H,7H2,1-3H3/t9-,11-/m1/s1. The summed E-state index contributed by atoms with van der Waals surface area (Å²) in [4.78, 5) is 4.13. The first-order valence-electron chi connectivity index (χ1n) is 7.17. The minimum Gasteiger partial charge on any atom is -0.384 e. The molecule has 2 aromatic heterocycles. The van der Waals surface area contributed by atoms with Crippen molar-refractivity contribution in [3.63, 3.8) is 0 Å². The monoisotopic (exact) mass is 308 g/mol. The van der Waals surface area contributed by atoms with Crippen molar-refractivity contribution in [2.24, 2.45) is 11.8 Å². The van der Waals surface area contributed by atoms with E-state index in [4.69, 9.17) is 0 Å². The first-order valence-corrected chi connectivity index (χ1v) is 7.17. The van der Waals surface area contributed by atoms with Gasteiger partial charge in [0.1, 0.15) is 11.3 Å². The number of rotatable bonds is 4. The lowest BCUT2D eigenvalue weighted by Crippen LogP contribution is -2.17. The van der Waals surface area contributed by atoms with E-state index in [-0.39, 0.29) is 6.54 Å². The maximum atomic E-state index is 13.3. The molecule has 7 heteroatoms. The Morgan fingerprint density at radius 1 is 1.41 bits per heavy atom. The number of alkyl halides is 2. The van der Waals surface area contributed by atoms with Crippen LogP contribution < -0.4 is 0 Å². The van der Waals surface area contributed by atoms with Gasteiger partial charge in [0.25, 0.3) is 5.92 Å². The summed E-state index contributed by atoms with van der Waals surface area (Å²) in [6.07, 6.45) is 3.23. The average molecular weight is 308 g/mol. The zero-order valence-corrected chi connectivity index (χ0v) is 12.7. The molecule has 1 N–H and O–H groups in total. The summed E-state index contributed by atoms with van der Waals surface area (Å²) in [5.74, 6) is -3.88. The molecule has 0 unspecified atom stereocenters. The maximum Gasteiger partial charge on any atom is 0.256 e. The van der Waals surface area contributed by atoms with Crippen molar-refractivity contribution in [3.05, 3.63) is 30.2 Å². The molecule has 2 atom stereocenters. The van der Waals surface area contributed by atoms with Gasteiger partial charge in [-0.3, -0.25) is 9.67 Å². The smallest absolute Gasteiger partial charge is 0.256 e. The third-order valence-electron chi connectivity index (χ3n) is 4.20. The first-order chi connectivity index (χ1) is 10.2. The predicted octanol–water partition coefficient (Wildman–Crippen LogP) is 2.47. The molecule has 0 saturated heterocycles. The highest BCUT2D eigenvalue weighted by molar-refractivity contribution is 5.57. The topological polar surface area (TPSA) is 63.8 Å². The van der Waals surface area contributed by atoms with Crippen molar-refractivity contribution in [1.82, 2.24) is 20.0 Å². The van der Waals surface area contributed by atoms with Gasteiger partial charge in [0.2, 0.25) is 0 Å². The third kappa shape index (κ3) is 2.61. The molecule has 22 heavy (non-hydrogen) atoms. The minimum absolute atomic E-state index is 0.157. The van der Waals surface area contributed by atoms with Gasteiger partial charge in [0.05, 0.1) is 24.4 Å². The molecule has 1 aliphatic carbocycles. The lowest BCUT2D eigenvalue weighted by Gasteiger charge is -2.16. The number of hydrogen-bond donors (Lipinski definition) is 1. The molecular weight excluding hydrogens is 290 g/mol. The van der Waals surface area contributed by atoms with Crippen LogP contribution in [0.1, 0.15) is 26.5 Å². The molecule has 5 nitrogen and oxygen atoms in total. The van der Waals surface area contributed by atoms with Gasteiger partial charge in [-0.2, -0.15) is 0 Å². The highest BCUT2D eigenvalue weighted by Gasteiger charge is 2.65. The molecule has 1 saturated carbocycles. The minimum atomic E-state index is -2.60. The van der Waals surface area contributed by atoms with Crippen LogP contribution in [0.2, 0.25) is 0 Å². The summed E-state index contributed by atoms with van der Waals surface area (Å²) in [5, 5.41) is 17.9. The Balaban J connectivity index is 1.80. The zero-order chi connectivity index (χ0) is 16.1. The van der Waals surface area contributed by atoms with Gasteiger partial charge in [0, 0.05) is 17.7 Å². The Hall–Kier alpha value is -1.89. The molecule has 3 rings (SSSR count). The van der Waals surface area contributed by atoms with Gasteiger partial charge in [-0.1, -0.05) is 12.1 Å². The van der Waals surface area contributed by atoms with E-state index in [1.54, 1.807) is 45.3 Å². The Bertz CT molecular complexity index is 693. The molecule has 0 bridgehead atoms. The average Bonchev–Trinajstić information content (AvgIpc) is 2.84. The normalized spacial score (nSPS) is 23.5. The Morgan fingerprint density at radius 3 is 2.68 bits per heavy atom. The molecule has 2 heterocycles. The van der Waals surface area contributed by atoms with Crippen LogP contribution in [-0.2, 0) is 12.1 Å². The van der Waals surface area contributed by atoms with Crippen LogP contribution in [0.4, 0.5) is 8.78 Å². The fourth-order valence-corrected chi connectivity index (χ4v) is 2.49. The van der Waals surface area contributed by atoms with Gasteiger partial charge >= 0.3 is 0 Å². The fourth-order valence-electron chi connectivity index (χ4n) is 2.49. The lowest BCUT2D eigenvalue weighted by atomic mass is 10.0. The Kier molecular flexibility index (Phi) is 3.28. The Labute approximate surface area is 127 Å². The molecule has 1 aliphatic rings. The SMILES string of the molecule is C[C@@H]1[C@@H](Cn2cc(-c3ccnc(C(C)(C)O)c3)nn2)C1(F)F. The van der Waals surface area contributed by atoms with Crippen molar-refractivity contribution >= 4 is 0 Å². The molecule has 2 aromatic rings. The summed E-state index contributed by atoms with van der Waals surface area (Å²) in [7, 11) is 0. The second-order valence-corrected chi connectivity index (χ2v) is 6.38. The number of pyridine rings is 1. The molecule has 0 amide bonds. The van der Waals surface area contributed by atoms with Gasteiger partial charge in [0.15, 0.2) is 0 Å². The predicted molar refractivity (Wildman–Crippen MR) is 76.1 cm³/mol. The zero-order valence-electron chi connectivity index (χ0n) is 12.7. The molecule has 1 fully saturated rings. The number of aromatic nitrogens is 4. The molecular formula is C15H18F2N4O. The van der Waals surface area contributed by atoms with Crippen LogP contribution in [0.15, 0.2) is 24.5 Å². The number of hydrogen-bond acceptors (Lipinski definition) is 4. The highest BCUT2D eigenvalue weighted by Crippen LogP contribution is 2.55. The van der Waals surface area contributed by atoms with Crippen LogP contribution in [-0.4, -0.2) is 31.0 Å². The van der Waals surface area contributed by atoms with E-state index in [0.717, 1.165) is 5.56 Å². The van der Waals surface area contributed by atoms with E-state index in [9.17, 15) is 13.9 Å². The van der Waals surface area contributed by atoms with Crippen LogP contribution in [0.25, 0.3) is 11.3 Å². The van der Waals surface area contributed by atoms with Crippen molar-refractivity contribution in [2.45, 2.75) is 38.8 Å². The maximum absolute atomic E-state index is 13.3. The first kappa shape index (κ1) is 15.0. The number of halogens is 2. The van der Waals surface area contributed by atoms with Crippen LogP contribution >= 0.6 is 0 Å². The highest BCUT2D eigenvalue weighted by atomic mass is 19.3. The molecule has 0 aliphatic heterocycles. The Morgan fingerprint density at radius 2 is 2.09 bits per heavy atom. The van der Waals surface area contributed by atoms with Crippen molar-refractivity contribution < 1.29 is 13.9 Å². The summed E-state index contributed by atoms with van der Waals surface area (Å²) >= 11 is 0. The van der Waals surface area contributed by atoms with Gasteiger partial charge in [-0.15, -0.1) is 5.10 Å². The fraction of sp³-hybridized carbons (Fsp3) is 0.533. The molecule has 118 valence electrons. The second-order valence-electron chi connectivity index (χ2n) is 6.38. The van der Waals surface area contributed by atoms with E-state index in [1.165, 1.54) is 4.68 Å². The van der Waals surface area contributed by atoms with Crippen molar-refractivity contribution in [1.29, 1.82) is 0 Å². The largest absolute Gasteiger partial charge is 0.384 e. The van der Waals surface area contributed by atoms with E-state index in [0.29, 0.717) is 11.4 Å². The number of nitrogens with zero attached hydrogens (tertiary/aromatic N) is 4. The van der Waals surface area contributed by atoms with Crippen molar-refractivity contribution in [3.8, 4) is 11.3 Å². The van der Waals surface area contributed by atoms with Crippen LogP contribution in [0.3, 0.4) is 0 Å². The summed E-state index contributed by atoms with van der Waals surface area (Å²) < 4.78 is 28.0. The van der Waals surface area contributed by atoms with Crippen molar-refractivity contribution in [2.75, 3.05) is 0 Å². The van der Waals surface area contributed by atoms with E-state index >= 15 is 0 Å². The van der Waals surface area contributed by atoms with Crippen LogP contribution in [0.5, 0.6) is 0 Å². The second kappa shape index (κ2) is 4.81. The van der Waals surface area contributed by atoms with E-state index in [1.807, 2.05) is 0 Å². The summed E-state index contributed by atoms with van der Waals surface area (Å²) in [6, 6.07) is 3.47. The molecule has 0 spiro atoms. The van der Waals surface area contributed by atoms with Gasteiger partial charge in [-0.05, 0) is 26.0 Å².